The van der Waals surface area contributed by atoms with Gasteiger partial charge in [-0.3, -0.25) is 9.59 Å². The van der Waals surface area contributed by atoms with Crippen molar-refractivity contribution in [1.82, 2.24) is 20.1 Å². The number of aryl methyl sites for hydroxylation is 2. The number of nitrogens with one attached hydrogen (secondary N) is 2. The Bertz CT molecular complexity index is 1210. The molecule has 0 spiro atoms. The maximum atomic E-state index is 12.7. The average Bonchev–Trinajstić information content (AvgIpc) is 3.18. The number of aromatic nitrogens is 3. The van der Waals surface area contributed by atoms with E-state index in [1.807, 2.05) is 36.6 Å². The molecule has 178 valence electrons. The molecule has 0 bridgehead atoms. The summed E-state index contributed by atoms with van der Waals surface area (Å²) in [5, 5.41) is 15.6. The maximum absolute atomic E-state index is 12.7. The fourth-order valence-corrected chi connectivity index (χ4v) is 4.61. The lowest BCUT2D eigenvalue weighted by molar-refractivity contribution is -0.113. The molecule has 1 atom stereocenters. The van der Waals surface area contributed by atoms with Crippen molar-refractivity contribution in [1.29, 1.82) is 0 Å². The quantitative estimate of drug-likeness (QED) is 0.284. The third-order valence-corrected chi connectivity index (χ3v) is 6.56. The molecule has 34 heavy (non-hydrogen) atoms. The van der Waals surface area contributed by atoms with Gasteiger partial charge in [0.1, 0.15) is 0 Å². The Kier molecular flexibility index (Phi) is 8.77. The van der Waals surface area contributed by atoms with Crippen molar-refractivity contribution in [2.45, 2.75) is 38.5 Å². The van der Waals surface area contributed by atoms with Gasteiger partial charge in [-0.1, -0.05) is 59.2 Å². The van der Waals surface area contributed by atoms with Crippen LogP contribution >= 0.6 is 35.0 Å². The van der Waals surface area contributed by atoms with Crippen LogP contribution in [0, 0.1) is 13.8 Å². The highest BCUT2D eigenvalue weighted by Gasteiger charge is 2.21. The van der Waals surface area contributed by atoms with Crippen molar-refractivity contribution in [3.8, 4) is 0 Å². The second-order valence-electron chi connectivity index (χ2n) is 7.66. The van der Waals surface area contributed by atoms with E-state index in [2.05, 4.69) is 27.4 Å². The molecule has 2 aromatic carbocycles. The molecule has 7 nitrogen and oxygen atoms in total. The zero-order valence-electron chi connectivity index (χ0n) is 19.1. The van der Waals surface area contributed by atoms with Gasteiger partial charge in [0.15, 0.2) is 11.0 Å². The summed E-state index contributed by atoms with van der Waals surface area (Å²) in [4.78, 5) is 25.3. The molecule has 10 heteroatoms. The van der Waals surface area contributed by atoms with E-state index >= 15 is 0 Å². The van der Waals surface area contributed by atoms with Crippen LogP contribution in [0.4, 0.5) is 5.69 Å². The minimum absolute atomic E-state index is 0.143. The number of hydrogen-bond donors (Lipinski definition) is 2. The van der Waals surface area contributed by atoms with Gasteiger partial charge in [0, 0.05) is 17.3 Å². The Morgan fingerprint density at radius 1 is 1.18 bits per heavy atom. The number of amides is 2. The van der Waals surface area contributed by atoms with Crippen LogP contribution in [0.5, 0.6) is 0 Å². The van der Waals surface area contributed by atoms with E-state index < -0.39 is 6.04 Å². The number of anilines is 1. The van der Waals surface area contributed by atoms with Gasteiger partial charge in [-0.25, -0.2) is 0 Å². The molecule has 2 amide bonds. The topological polar surface area (TPSA) is 88.9 Å². The molecule has 0 aliphatic rings. The molecular formula is C24H25Cl2N5O2S. The Balaban J connectivity index is 1.70. The fourth-order valence-electron chi connectivity index (χ4n) is 3.36. The highest BCUT2D eigenvalue weighted by Crippen LogP contribution is 2.25. The highest BCUT2D eigenvalue weighted by molar-refractivity contribution is 7.99. The van der Waals surface area contributed by atoms with E-state index in [9.17, 15) is 9.59 Å². The number of allylic oxidation sites excluding steroid dienone is 1. The van der Waals surface area contributed by atoms with Gasteiger partial charge in [-0.05, 0) is 50.1 Å². The second kappa shape index (κ2) is 11.6. The third kappa shape index (κ3) is 6.20. The van der Waals surface area contributed by atoms with Crippen LogP contribution in [0.25, 0.3) is 0 Å². The van der Waals surface area contributed by atoms with Crippen LogP contribution in [0.2, 0.25) is 10.0 Å². The van der Waals surface area contributed by atoms with Gasteiger partial charge in [0.25, 0.3) is 5.91 Å². The van der Waals surface area contributed by atoms with Crippen LogP contribution < -0.4 is 10.6 Å². The van der Waals surface area contributed by atoms with Crippen LogP contribution in [-0.2, 0) is 11.3 Å². The van der Waals surface area contributed by atoms with Gasteiger partial charge < -0.3 is 15.2 Å². The predicted octanol–water partition coefficient (Wildman–Crippen LogP) is 5.61. The molecule has 0 radical (unpaired) electrons. The highest BCUT2D eigenvalue weighted by atomic mass is 35.5. The second-order valence-corrected chi connectivity index (χ2v) is 9.45. The zero-order chi connectivity index (χ0) is 24.8. The van der Waals surface area contributed by atoms with E-state index in [1.54, 1.807) is 25.1 Å². The van der Waals surface area contributed by atoms with Crippen LogP contribution in [0.3, 0.4) is 0 Å². The Morgan fingerprint density at radius 3 is 2.53 bits per heavy atom. The largest absolute Gasteiger partial charge is 0.342 e. The van der Waals surface area contributed by atoms with Crippen molar-refractivity contribution in [2.75, 3.05) is 11.1 Å². The van der Waals surface area contributed by atoms with Crippen molar-refractivity contribution >= 4 is 52.5 Å². The monoisotopic (exact) mass is 517 g/mol. The number of hydrogen-bond acceptors (Lipinski definition) is 5. The molecule has 0 aliphatic heterocycles. The lowest BCUT2D eigenvalue weighted by Gasteiger charge is -2.16. The lowest BCUT2D eigenvalue weighted by atomic mass is 10.1. The molecule has 0 aliphatic carbocycles. The Hall–Kier alpha value is -2.81. The summed E-state index contributed by atoms with van der Waals surface area (Å²) in [5.74, 6) is 0.195. The number of rotatable bonds is 9. The number of benzene rings is 2. The molecule has 0 saturated carbocycles. The van der Waals surface area contributed by atoms with E-state index in [0.29, 0.717) is 28.1 Å². The minimum Gasteiger partial charge on any atom is -0.342 e. The van der Waals surface area contributed by atoms with Crippen LogP contribution in [-0.4, -0.2) is 32.3 Å². The summed E-state index contributed by atoms with van der Waals surface area (Å²) in [6, 6.07) is 10.1. The number of carbonyl (C=O) groups excluding carboxylic acids is 2. The summed E-state index contributed by atoms with van der Waals surface area (Å²) in [7, 11) is 0. The molecule has 3 rings (SSSR count). The maximum Gasteiger partial charge on any atom is 0.253 e. The minimum atomic E-state index is -0.468. The normalized spacial score (nSPS) is 11.7. The number of nitrogens with zero attached hydrogens (tertiary/aromatic N) is 3. The predicted molar refractivity (Wildman–Crippen MR) is 138 cm³/mol. The molecule has 1 unspecified atom stereocenters. The summed E-state index contributed by atoms with van der Waals surface area (Å²) >= 11 is 13.3. The molecular weight excluding hydrogens is 493 g/mol. The lowest BCUT2D eigenvalue weighted by Crippen LogP contribution is -2.29. The summed E-state index contributed by atoms with van der Waals surface area (Å²) in [6.45, 7) is 9.92. The van der Waals surface area contributed by atoms with E-state index in [0.717, 1.165) is 16.8 Å². The summed E-state index contributed by atoms with van der Waals surface area (Å²) in [6.07, 6.45) is 1.71. The molecule has 0 saturated heterocycles. The Labute approximate surface area is 212 Å². The van der Waals surface area contributed by atoms with Crippen molar-refractivity contribution in [2.24, 2.45) is 0 Å². The van der Waals surface area contributed by atoms with Crippen molar-refractivity contribution in [3.63, 3.8) is 0 Å². The van der Waals surface area contributed by atoms with Gasteiger partial charge >= 0.3 is 0 Å². The number of thioether (sulfide) groups is 1. The SMILES string of the molecule is C=CCn1c(SCC(=O)Nc2c(C)cccc2C)nnc1C(C)NC(=O)c1ccc(Cl)cc1Cl. The van der Waals surface area contributed by atoms with E-state index in [4.69, 9.17) is 23.2 Å². The van der Waals surface area contributed by atoms with Crippen molar-refractivity contribution < 1.29 is 9.59 Å². The fraction of sp³-hybridized carbons (Fsp3) is 0.250. The first-order valence-electron chi connectivity index (χ1n) is 10.5. The number of halogens is 2. The van der Waals surface area contributed by atoms with Gasteiger partial charge in [0.05, 0.1) is 22.4 Å². The first-order chi connectivity index (χ1) is 16.2. The van der Waals surface area contributed by atoms with E-state index in [-0.39, 0.29) is 22.6 Å². The molecule has 1 heterocycles. The van der Waals surface area contributed by atoms with Crippen molar-refractivity contribution in [3.05, 3.63) is 81.6 Å². The molecule has 3 aromatic rings. The molecule has 0 fully saturated rings. The van der Waals surface area contributed by atoms with Gasteiger partial charge in [0.2, 0.25) is 5.91 Å². The summed E-state index contributed by atoms with van der Waals surface area (Å²) in [5.41, 5.74) is 3.13. The van der Waals surface area contributed by atoms with E-state index in [1.165, 1.54) is 17.8 Å². The third-order valence-electron chi connectivity index (χ3n) is 5.05. The van der Waals surface area contributed by atoms with Crippen LogP contribution in [0.1, 0.15) is 40.3 Å². The zero-order valence-corrected chi connectivity index (χ0v) is 21.4. The number of carbonyl (C=O) groups is 2. The molecule has 2 N–H and O–H groups in total. The summed E-state index contributed by atoms with van der Waals surface area (Å²) < 4.78 is 1.82. The van der Waals surface area contributed by atoms with Gasteiger partial charge in [-0.2, -0.15) is 0 Å². The van der Waals surface area contributed by atoms with Crippen LogP contribution in [0.15, 0.2) is 54.2 Å². The standard InChI is InChI=1S/C24H25Cl2N5O2S/c1-5-11-31-22(16(4)27-23(33)18-10-9-17(25)12-19(18)26)29-30-24(31)34-13-20(32)28-21-14(2)7-6-8-15(21)3/h5-10,12,16H,1,11,13H2,2-4H3,(H,27,33)(H,28,32). The first kappa shape index (κ1) is 25.8. The average molecular weight is 518 g/mol. The molecule has 1 aromatic heterocycles. The Morgan fingerprint density at radius 2 is 1.88 bits per heavy atom. The number of para-hydroxylation sites is 1. The van der Waals surface area contributed by atoms with Gasteiger partial charge in [-0.15, -0.1) is 16.8 Å². The smallest absolute Gasteiger partial charge is 0.253 e. The first-order valence-corrected chi connectivity index (χ1v) is 12.2.